The van der Waals surface area contributed by atoms with Crippen LogP contribution in [0, 0.1) is 11.3 Å². The van der Waals surface area contributed by atoms with Gasteiger partial charge < -0.3 is 19.9 Å². The van der Waals surface area contributed by atoms with E-state index in [0.29, 0.717) is 59.3 Å². The standard InChI is InChI=1S/C28H28N6O4/c1-28(2,3)38-27(37)33-12-10-18(11-13-33)22-15-23(35)31-25-24-20(8-5-9-21(24)32-34(22)25)30-26(36)19-7-4-6-17(14-19)16-29/h4-9,14-15,18H,10-13H2,1-3H3,(H,30,36)(H,31,35). The topological polar surface area (TPSA) is 133 Å². The van der Waals surface area contributed by atoms with E-state index in [2.05, 4.69) is 10.3 Å². The largest absolute Gasteiger partial charge is 0.444 e. The number of benzene rings is 2. The first-order chi connectivity index (χ1) is 18.1. The van der Waals surface area contributed by atoms with Gasteiger partial charge in [0.25, 0.3) is 11.5 Å². The van der Waals surface area contributed by atoms with Gasteiger partial charge in [0.1, 0.15) is 11.2 Å². The number of piperidine rings is 1. The van der Waals surface area contributed by atoms with E-state index in [0.717, 1.165) is 5.69 Å². The number of nitrogens with zero attached hydrogens (tertiary/aromatic N) is 4. The molecule has 1 saturated heterocycles. The number of carbonyl (C=O) groups is 2. The van der Waals surface area contributed by atoms with Crippen molar-refractivity contribution in [2.75, 3.05) is 18.4 Å². The number of likely N-dealkylation sites (tertiary alicyclic amines) is 1. The molecule has 10 nitrogen and oxygen atoms in total. The fourth-order valence-corrected chi connectivity index (χ4v) is 4.79. The summed E-state index contributed by atoms with van der Waals surface area (Å²) < 4.78 is 7.23. The van der Waals surface area contributed by atoms with E-state index in [1.54, 1.807) is 45.8 Å². The lowest BCUT2D eigenvalue weighted by Crippen LogP contribution is -2.41. The van der Waals surface area contributed by atoms with Gasteiger partial charge in [0.15, 0.2) is 0 Å². The highest BCUT2D eigenvalue weighted by Gasteiger charge is 2.29. The van der Waals surface area contributed by atoms with Crippen LogP contribution in [0.3, 0.4) is 0 Å². The second kappa shape index (κ2) is 9.67. The Morgan fingerprint density at radius 3 is 2.58 bits per heavy atom. The van der Waals surface area contributed by atoms with Crippen LogP contribution < -0.4 is 10.9 Å². The average Bonchev–Trinajstić information content (AvgIpc) is 3.26. The zero-order valence-corrected chi connectivity index (χ0v) is 21.4. The summed E-state index contributed by atoms with van der Waals surface area (Å²) in [5.41, 5.74) is 2.25. The monoisotopic (exact) mass is 512 g/mol. The Bertz CT molecular complexity index is 1650. The molecule has 0 atom stereocenters. The number of anilines is 1. The molecule has 2 aromatic carbocycles. The van der Waals surface area contributed by atoms with Gasteiger partial charge in [-0.25, -0.2) is 9.31 Å². The van der Waals surface area contributed by atoms with Crippen LogP contribution in [0.1, 0.15) is 61.1 Å². The molecule has 1 aliphatic heterocycles. The van der Waals surface area contributed by atoms with Gasteiger partial charge in [-0.3, -0.25) is 9.59 Å². The van der Waals surface area contributed by atoms with Gasteiger partial charge in [-0.2, -0.15) is 10.4 Å². The predicted octanol–water partition coefficient (Wildman–Crippen LogP) is 4.41. The first-order valence-electron chi connectivity index (χ1n) is 12.5. The normalized spacial score (nSPS) is 14.4. The maximum atomic E-state index is 13.0. The van der Waals surface area contributed by atoms with Crippen LogP contribution in [0.4, 0.5) is 10.5 Å². The molecule has 0 bridgehead atoms. The van der Waals surface area contributed by atoms with E-state index < -0.39 is 5.60 Å². The minimum Gasteiger partial charge on any atom is -0.444 e. The maximum Gasteiger partial charge on any atom is 0.410 e. The number of H-pyrrole nitrogens is 1. The third kappa shape index (κ3) is 4.95. The number of nitriles is 1. The average molecular weight is 513 g/mol. The molecule has 2 aromatic heterocycles. The Morgan fingerprint density at radius 1 is 1.13 bits per heavy atom. The first-order valence-corrected chi connectivity index (χ1v) is 12.5. The van der Waals surface area contributed by atoms with E-state index in [1.165, 1.54) is 6.07 Å². The van der Waals surface area contributed by atoms with Crippen molar-refractivity contribution >= 4 is 34.2 Å². The third-order valence-electron chi connectivity index (χ3n) is 6.53. The number of fused-ring (bicyclic) bond motifs is 3. The second-order valence-corrected chi connectivity index (χ2v) is 10.4. The van der Waals surface area contributed by atoms with Crippen LogP contribution in [0.25, 0.3) is 16.6 Å². The van der Waals surface area contributed by atoms with Gasteiger partial charge in [0, 0.05) is 30.6 Å². The van der Waals surface area contributed by atoms with Crippen molar-refractivity contribution in [3.05, 3.63) is 75.7 Å². The molecule has 10 heteroatoms. The van der Waals surface area contributed by atoms with Crippen LogP contribution in [0.15, 0.2) is 53.3 Å². The Kier molecular flexibility index (Phi) is 6.36. The third-order valence-corrected chi connectivity index (χ3v) is 6.53. The number of nitrogens with one attached hydrogen (secondary N) is 2. The molecule has 0 aliphatic carbocycles. The summed E-state index contributed by atoms with van der Waals surface area (Å²) in [5, 5.41) is 17.4. The molecular weight excluding hydrogens is 484 g/mol. The molecule has 0 saturated carbocycles. The number of aromatic amines is 1. The van der Waals surface area contributed by atoms with E-state index >= 15 is 0 Å². The number of amides is 2. The lowest BCUT2D eigenvalue weighted by molar-refractivity contribution is 0.0203. The Labute approximate surface area is 218 Å². The molecule has 5 rings (SSSR count). The lowest BCUT2D eigenvalue weighted by Gasteiger charge is -2.33. The number of rotatable bonds is 3. The van der Waals surface area contributed by atoms with Gasteiger partial charge in [0.05, 0.1) is 33.9 Å². The van der Waals surface area contributed by atoms with Crippen molar-refractivity contribution in [1.82, 2.24) is 19.5 Å². The van der Waals surface area contributed by atoms with Crippen molar-refractivity contribution < 1.29 is 14.3 Å². The number of hydrogen-bond donors (Lipinski definition) is 2. The van der Waals surface area contributed by atoms with E-state index in [-0.39, 0.29) is 23.5 Å². The van der Waals surface area contributed by atoms with Gasteiger partial charge in [-0.15, -0.1) is 0 Å². The molecular formula is C28H28N6O4. The van der Waals surface area contributed by atoms with Crippen LogP contribution in [-0.4, -0.2) is 50.2 Å². The van der Waals surface area contributed by atoms with Gasteiger partial charge in [-0.1, -0.05) is 12.1 Å². The molecule has 194 valence electrons. The highest BCUT2D eigenvalue weighted by Crippen LogP contribution is 2.32. The minimum atomic E-state index is -0.562. The molecule has 3 heterocycles. The first kappa shape index (κ1) is 25.0. The molecule has 1 fully saturated rings. The number of hydrogen-bond acceptors (Lipinski definition) is 6. The van der Waals surface area contributed by atoms with Crippen molar-refractivity contribution in [1.29, 1.82) is 5.26 Å². The molecule has 38 heavy (non-hydrogen) atoms. The molecule has 2 N–H and O–H groups in total. The fourth-order valence-electron chi connectivity index (χ4n) is 4.79. The zero-order valence-electron chi connectivity index (χ0n) is 21.4. The second-order valence-electron chi connectivity index (χ2n) is 10.4. The molecule has 0 radical (unpaired) electrons. The van der Waals surface area contributed by atoms with Crippen LogP contribution >= 0.6 is 0 Å². The molecule has 0 unspecified atom stereocenters. The van der Waals surface area contributed by atoms with E-state index in [9.17, 15) is 14.4 Å². The summed E-state index contributed by atoms with van der Waals surface area (Å²) in [4.78, 5) is 42.8. The Morgan fingerprint density at radius 2 is 1.87 bits per heavy atom. The number of aromatic nitrogens is 3. The van der Waals surface area contributed by atoms with Crippen LogP contribution in [-0.2, 0) is 4.74 Å². The Hall–Kier alpha value is -4.65. The van der Waals surface area contributed by atoms with Crippen LogP contribution in [0.2, 0.25) is 0 Å². The molecule has 2 amide bonds. The summed E-state index contributed by atoms with van der Waals surface area (Å²) in [6.45, 7) is 6.54. The fraction of sp³-hybridized carbons (Fsp3) is 0.321. The molecule has 4 aromatic rings. The maximum absolute atomic E-state index is 13.0. The van der Waals surface area contributed by atoms with Gasteiger partial charge >= 0.3 is 6.09 Å². The van der Waals surface area contributed by atoms with Crippen LogP contribution in [0.5, 0.6) is 0 Å². The molecule has 1 aliphatic rings. The summed E-state index contributed by atoms with van der Waals surface area (Å²) in [6, 6.07) is 15.4. The van der Waals surface area contributed by atoms with Crippen molar-refractivity contribution in [3.8, 4) is 6.07 Å². The molecule has 0 spiro atoms. The minimum absolute atomic E-state index is 0.0135. The highest BCUT2D eigenvalue weighted by atomic mass is 16.6. The lowest BCUT2D eigenvalue weighted by atomic mass is 9.93. The quantitative estimate of drug-likeness (QED) is 0.418. The van der Waals surface area contributed by atoms with E-state index in [1.807, 2.05) is 32.9 Å². The number of ether oxygens (including phenoxy) is 1. The van der Waals surface area contributed by atoms with E-state index in [4.69, 9.17) is 15.1 Å². The van der Waals surface area contributed by atoms with Crippen molar-refractivity contribution in [2.24, 2.45) is 0 Å². The summed E-state index contributed by atoms with van der Waals surface area (Å²) in [6.07, 6.45) is 0.983. The number of carbonyl (C=O) groups excluding carboxylic acids is 2. The van der Waals surface area contributed by atoms with Gasteiger partial charge in [-0.05, 0) is 63.9 Å². The van der Waals surface area contributed by atoms with Crippen molar-refractivity contribution in [2.45, 2.75) is 45.1 Å². The SMILES string of the molecule is CC(C)(C)OC(=O)N1CCC(c2cc(=O)[nH]c3c4c(NC(=O)c5cccc(C#N)c5)cccc4nn23)CC1. The Balaban J connectivity index is 1.46. The van der Waals surface area contributed by atoms with Gasteiger partial charge in [0.2, 0.25) is 0 Å². The summed E-state index contributed by atoms with van der Waals surface area (Å²) in [7, 11) is 0. The smallest absolute Gasteiger partial charge is 0.410 e. The van der Waals surface area contributed by atoms with Crippen molar-refractivity contribution in [3.63, 3.8) is 0 Å². The zero-order chi connectivity index (χ0) is 27.0. The summed E-state index contributed by atoms with van der Waals surface area (Å²) in [5.74, 6) is -0.360. The predicted molar refractivity (Wildman–Crippen MR) is 142 cm³/mol. The summed E-state index contributed by atoms with van der Waals surface area (Å²) >= 11 is 0. The highest BCUT2D eigenvalue weighted by molar-refractivity contribution is 6.12.